The molecule has 0 spiro atoms. The third-order valence-electron chi connectivity index (χ3n) is 11.1. The fraction of sp³-hybridized carbons (Fsp3) is 0.239. The Bertz CT molecular complexity index is 2470. The van der Waals surface area contributed by atoms with Crippen LogP contribution in [0.4, 0.5) is 5.69 Å². The summed E-state index contributed by atoms with van der Waals surface area (Å²) in [5.74, 6) is 0. The van der Waals surface area contributed by atoms with Gasteiger partial charge in [-0.25, -0.2) is 0 Å². The topological polar surface area (TPSA) is 7.94 Å². The molecule has 4 heteroatoms. The number of allylic oxidation sites excluding steroid dienone is 6. The van der Waals surface area contributed by atoms with Crippen molar-refractivity contribution in [3.05, 3.63) is 152 Å². The van der Waals surface area contributed by atoms with Crippen LogP contribution in [0.25, 0.3) is 38.5 Å². The molecule has 0 N–H and O–H groups in total. The minimum Gasteiger partial charge on any atom is -0.338 e. The maximum Gasteiger partial charge on any atom is 0.214 e. The predicted octanol–water partition coefficient (Wildman–Crippen LogP) is 12.5. The number of nitrogens with zero attached hydrogens (tertiary/aromatic N) is 2. The summed E-state index contributed by atoms with van der Waals surface area (Å²) in [6.07, 6.45) is 14.6. The van der Waals surface area contributed by atoms with Crippen molar-refractivity contribution in [2.45, 2.75) is 71.9 Å². The fourth-order valence-electron chi connectivity index (χ4n) is 8.24. The highest BCUT2D eigenvalue weighted by atomic mass is 35.5. The zero-order chi connectivity index (χ0) is 34.5. The second kappa shape index (κ2) is 13.4. The molecule has 0 amide bonds. The van der Waals surface area contributed by atoms with Gasteiger partial charge in [0.2, 0.25) is 11.4 Å². The van der Waals surface area contributed by atoms with E-state index in [1.165, 1.54) is 66.3 Å². The van der Waals surface area contributed by atoms with E-state index >= 15 is 0 Å². The molecule has 0 saturated heterocycles. The van der Waals surface area contributed by atoms with E-state index in [4.69, 9.17) is 23.2 Å². The number of hydrogen-bond donors (Lipinski definition) is 0. The Labute approximate surface area is 305 Å². The SMILES string of the molecule is CCC(C)n1/c(=C/C=C2\CCC(/C=C/C3=[N+](C(C)CC)c4ccc(Cl)c5cccc3c45)=C2Cc2ccccc2)c2cccc3c(Cl)ccc1c32. The van der Waals surface area contributed by atoms with Crippen LogP contribution in [0.5, 0.6) is 0 Å². The highest BCUT2D eigenvalue weighted by Crippen LogP contribution is 2.41. The lowest BCUT2D eigenvalue weighted by molar-refractivity contribution is -0.476. The van der Waals surface area contributed by atoms with Crippen molar-refractivity contribution in [2.24, 2.45) is 0 Å². The van der Waals surface area contributed by atoms with Gasteiger partial charge in [-0.3, -0.25) is 0 Å². The van der Waals surface area contributed by atoms with Crippen molar-refractivity contribution >= 4 is 73.1 Å². The van der Waals surface area contributed by atoms with Gasteiger partial charge in [0, 0.05) is 61.5 Å². The highest BCUT2D eigenvalue weighted by molar-refractivity contribution is 6.38. The Kier molecular flexibility index (Phi) is 8.79. The van der Waals surface area contributed by atoms with E-state index < -0.39 is 0 Å². The number of halogens is 2. The standard InChI is InChI=1S/C46H43Cl2N2/c1-5-29(3)49-41(36-16-10-14-34-39(47)22-26-43(49)45(34)36)24-20-32-18-19-33(38(32)28-31-12-8-7-9-13-31)21-25-42-37-17-11-15-35-40(48)23-27-44(46(35)37)50(42)30(4)6-2/h7-17,20-27,29-30H,5-6,18-19,28H2,1-4H3/q+1. The third kappa shape index (κ3) is 5.45. The monoisotopic (exact) mass is 693 g/mol. The van der Waals surface area contributed by atoms with Crippen molar-refractivity contribution in [1.29, 1.82) is 0 Å². The van der Waals surface area contributed by atoms with Gasteiger partial charge in [-0.15, -0.1) is 0 Å². The van der Waals surface area contributed by atoms with Crippen molar-refractivity contribution < 1.29 is 4.58 Å². The maximum absolute atomic E-state index is 6.72. The smallest absolute Gasteiger partial charge is 0.214 e. The lowest BCUT2D eigenvalue weighted by Gasteiger charge is -2.14. The molecule has 250 valence electrons. The van der Waals surface area contributed by atoms with Crippen LogP contribution in [0.2, 0.25) is 10.0 Å². The van der Waals surface area contributed by atoms with E-state index in [0.717, 1.165) is 52.9 Å². The quantitative estimate of drug-likeness (QED) is 0.133. The van der Waals surface area contributed by atoms with Crippen LogP contribution < -0.4 is 5.35 Å². The van der Waals surface area contributed by atoms with E-state index in [1.807, 2.05) is 12.1 Å². The summed E-state index contributed by atoms with van der Waals surface area (Å²) >= 11 is 13.4. The number of benzene rings is 5. The van der Waals surface area contributed by atoms with Gasteiger partial charge in [-0.2, -0.15) is 4.58 Å². The molecule has 2 atom stereocenters. The third-order valence-corrected chi connectivity index (χ3v) is 11.8. The van der Waals surface area contributed by atoms with Crippen LogP contribution in [0, 0.1) is 0 Å². The summed E-state index contributed by atoms with van der Waals surface area (Å²) in [5, 5.41) is 8.91. The van der Waals surface area contributed by atoms with Gasteiger partial charge in [0.15, 0.2) is 6.04 Å². The lowest BCUT2D eigenvalue weighted by Crippen LogP contribution is -2.22. The largest absolute Gasteiger partial charge is 0.338 e. The van der Waals surface area contributed by atoms with Crippen molar-refractivity contribution in [1.82, 2.24) is 4.57 Å². The minimum atomic E-state index is 0.359. The Morgan fingerprint density at radius 2 is 1.44 bits per heavy atom. The molecule has 2 nitrogen and oxygen atoms in total. The van der Waals surface area contributed by atoms with Crippen LogP contribution in [0.15, 0.2) is 126 Å². The summed E-state index contributed by atoms with van der Waals surface area (Å²) in [6, 6.07) is 33.2. The molecule has 2 aliphatic rings. The van der Waals surface area contributed by atoms with Gasteiger partial charge in [0.05, 0.1) is 16.5 Å². The highest BCUT2D eigenvalue weighted by Gasteiger charge is 2.34. The van der Waals surface area contributed by atoms with Crippen LogP contribution in [0.3, 0.4) is 0 Å². The average molecular weight is 695 g/mol. The first-order chi connectivity index (χ1) is 24.4. The maximum atomic E-state index is 6.72. The van der Waals surface area contributed by atoms with E-state index in [-0.39, 0.29) is 0 Å². The first-order valence-electron chi connectivity index (χ1n) is 18.1. The van der Waals surface area contributed by atoms with Gasteiger partial charge in [0.25, 0.3) is 0 Å². The van der Waals surface area contributed by atoms with Crippen molar-refractivity contribution in [2.75, 3.05) is 0 Å². The van der Waals surface area contributed by atoms with E-state index in [1.54, 1.807) is 0 Å². The Balaban J connectivity index is 1.28. The second-order valence-corrected chi connectivity index (χ2v) is 14.8. The average Bonchev–Trinajstić information content (AvgIpc) is 3.79. The van der Waals surface area contributed by atoms with E-state index in [2.05, 4.69) is 140 Å². The molecule has 5 aromatic carbocycles. The molecule has 0 radical (unpaired) electrons. The van der Waals surface area contributed by atoms with Crippen molar-refractivity contribution in [3.8, 4) is 0 Å². The summed E-state index contributed by atoms with van der Waals surface area (Å²) < 4.78 is 5.04. The van der Waals surface area contributed by atoms with Crippen LogP contribution in [-0.2, 0) is 6.42 Å². The number of hydrogen-bond acceptors (Lipinski definition) is 0. The Morgan fingerprint density at radius 3 is 2.20 bits per heavy atom. The molecule has 1 aliphatic carbocycles. The first-order valence-corrected chi connectivity index (χ1v) is 18.9. The van der Waals surface area contributed by atoms with Crippen LogP contribution in [0.1, 0.15) is 70.5 Å². The normalized spacial score (nSPS) is 17.2. The molecule has 6 aromatic rings. The summed E-state index contributed by atoms with van der Waals surface area (Å²) in [4.78, 5) is 0. The first kappa shape index (κ1) is 32.8. The zero-order valence-electron chi connectivity index (χ0n) is 29.3. The van der Waals surface area contributed by atoms with E-state index in [9.17, 15) is 0 Å². The fourth-order valence-corrected chi connectivity index (χ4v) is 8.68. The van der Waals surface area contributed by atoms with Crippen molar-refractivity contribution in [3.63, 3.8) is 0 Å². The predicted molar refractivity (Wildman–Crippen MR) is 216 cm³/mol. The zero-order valence-corrected chi connectivity index (χ0v) is 30.8. The van der Waals surface area contributed by atoms with Crippen LogP contribution in [-0.4, -0.2) is 20.9 Å². The second-order valence-electron chi connectivity index (χ2n) is 14.0. The van der Waals surface area contributed by atoms with Crippen LogP contribution >= 0.6 is 23.2 Å². The number of rotatable bonds is 9. The van der Waals surface area contributed by atoms with Gasteiger partial charge < -0.3 is 4.57 Å². The molecule has 0 saturated carbocycles. The number of aromatic nitrogens is 1. The van der Waals surface area contributed by atoms with Gasteiger partial charge in [-0.1, -0.05) is 110 Å². The van der Waals surface area contributed by atoms with Gasteiger partial charge >= 0.3 is 0 Å². The lowest BCUT2D eigenvalue weighted by atomic mass is 9.97. The molecule has 0 bridgehead atoms. The minimum absolute atomic E-state index is 0.359. The van der Waals surface area contributed by atoms with Gasteiger partial charge in [-0.05, 0) is 92.2 Å². The molecule has 2 heterocycles. The molecule has 50 heavy (non-hydrogen) atoms. The van der Waals surface area contributed by atoms with E-state index in [0.29, 0.717) is 12.1 Å². The molecule has 1 aromatic heterocycles. The summed E-state index contributed by atoms with van der Waals surface area (Å²) in [7, 11) is 0. The molecule has 1 aliphatic heterocycles. The molecular formula is C46H43Cl2N2+. The van der Waals surface area contributed by atoms with Gasteiger partial charge in [0.1, 0.15) is 0 Å². The summed E-state index contributed by atoms with van der Waals surface area (Å²) in [5.41, 5.74) is 10.6. The summed E-state index contributed by atoms with van der Waals surface area (Å²) in [6.45, 7) is 9.18. The Morgan fingerprint density at radius 1 is 0.720 bits per heavy atom. The molecular weight excluding hydrogens is 651 g/mol. The molecule has 0 fully saturated rings. The molecule has 8 rings (SSSR count). The Hall–Kier alpha value is -4.37. The molecule has 2 unspecified atom stereocenters.